The number of hydrogen-bond donors (Lipinski definition) is 2. The zero-order valence-electron chi connectivity index (χ0n) is 11.7. The Hall–Kier alpha value is -1.78. The van der Waals surface area contributed by atoms with Gasteiger partial charge < -0.3 is 15.4 Å². The number of rotatable bonds is 4. The molecule has 0 atom stereocenters. The molecular formula is C15H21FN2O2. The average molecular weight is 280 g/mol. The van der Waals surface area contributed by atoms with Crippen molar-refractivity contribution in [2.45, 2.75) is 44.7 Å². The van der Waals surface area contributed by atoms with Gasteiger partial charge in [-0.2, -0.15) is 0 Å². The van der Waals surface area contributed by atoms with Crippen LogP contribution < -0.4 is 15.4 Å². The van der Waals surface area contributed by atoms with Crippen LogP contribution in [0.1, 0.15) is 37.7 Å². The Morgan fingerprint density at radius 1 is 1.35 bits per heavy atom. The summed E-state index contributed by atoms with van der Waals surface area (Å²) in [4.78, 5) is 11.8. The molecular weight excluding hydrogens is 259 g/mol. The van der Waals surface area contributed by atoms with Crippen molar-refractivity contribution in [2.24, 2.45) is 0 Å². The van der Waals surface area contributed by atoms with E-state index in [-0.39, 0.29) is 17.8 Å². The first-order valence-electron chi connectivity index (χ1n) is 7.06. The molecule has 1 fully saturated rings. The monoisotopic (exact) mass is 280 g/mol. The maximum absolute atomic E-state index is 13.5. The Morgan fingerprint density at radius 3 is 2.75 bits per heavy atom. The molecule has 0 aromatic heterocycles. The third-order valence-electron chi connectivity index (χ3n) is 3.61. The summed E-state index contributed by atoms with van der Waals surface area (Å²) in [5, 5.41) is 5.71. The highest BCUT2D eigenvalue weighted by Gasteiger charge is 2.15. The van der Waals surface area contributed by atoms with Crippen molar-refractivity contribution < 1.29 is 13.9 Å². The quantitative estimate of drug-likeness (QED) is 0.891. The lowest BCUT2D eigenvalue weighted by molar-refractivity contribution is 0.232. The SMILES string of the molecule is COc1ccc(CNC(=O)NC2CCCCC2)cc1F. The Labute approximate surface area is 118 Å². The minimum absolute atomic E-state index is 0.187. The van der Waals surface area contributed by atoms with E-state index in [1.807, 2.05) is 0 Å². The van der Waals surface area contributed by atoms with Crippen molar-refractivity contribution in [3.63, 3.8) is 0 Å². The van der Waals surface area contributed by atoms with Crippen LogP contribution in [0, 0.1) is 5.82 Å². The predicted octanol–water partition coefficient (Wildman–Crippen LogP) is 2.97. The number of urea groups is 1. The van der Waals surface area contributed by atoms with Crippen LogP contribution >= 0.6 is 0 Å². The number of halogens is 1. The van der Waals surface area contributed by atoms with Gasteiger partial charge in [0.05, 0.1) is 7.11 Å². The van der Waals surface area contributed by atoms with Crippen LogP contribution in [-0.2, 0) is 6.54 Å². The van der Waals surface area contributed by atoms with E-state index in [9.17, 15) is 9.18 Å². The number of nitrogens with one attached hydrogen (secondary N) is 2. The van der Waals surface area contributed by atoms with Crippen molar-refractivity contribution in [1.29, 1.82) is 0 Å². The molecule has 2 rings (SSSR count). The molecule has 0 heterocycles. The third-order valence-corrected chi connectivity index (χ3v) is 3.61. The van der Waals surface area contributed by atoms with Crippen LogP contribution in [0.25, 0.3) is 0 Å². The summed E-state index contributed by atoms with van der Waals surface area (Å²) in [6.07, 6.45) is 5.70. The summed E-state index contributed by atoms with van der Waals surface area (Å²) in [6.45, 7) is 0.305. The largest absolute Gasteiger partial charge is 0.494 e. The lowest BCUT2D eigenvalue weighted by atomic mass is 9.96. The van der Waals surface area contributed by atoms with Gasteiger partial charge in [0.2, 0.25) is 0 Å². The van der Waals surface area contributed by atoms with E-state index in [2.05, 4.69) is 10.6 Å². The van der Waals surface area contributed by atoms with Crippen LogP contribution in [-0.4, -0.2) is 19.2 Å². The zero-order valence-corrected chi connectivity index (χ0v) is 11.7. The van der Waals surface area contributed by atoms with Gasteiger partial charge in [0.15, 0.2) is 11.6 Å². The molecule has 2 amide bonds. The van der Waals surface area contributed by atoms with E-state index >= 15 is 0 Å². The van der Waals surface area contributed by atoms with Gasteiger partial charge >= 0.3 is 6.03 Å². The number of ether oxygens (including phenoxy) is 1. The normalized spacial score (nSPS) is 15.7. The van der Waals surface area contributed by atoms with Crippen molar-refractivity contribution in [1.82, 2.24) is 10.6 Å². The molecule has 1 aromatic carbocycles. The summed E-state index contributed by atoms with van der Waals surface area (Å²) in [5.41, 5.74) is 0.710. The topological polar surface area (TPSA) is 50.4 Å². The zero-order chi connectivity index (χ0) is 14.4. The summed E-state index contributed by atoms with van der Waals surface area (Å²) in [6, 6.07) is 4.76. The minimum Gasteiger partial charge on any atom is -0.494 e. The maximum atomic E-state index is 13.5. The molecule has 1 saturated carbocycles. The maximum Gasteiger partial charge on any atom is 0.315 e. The molecule has 4 nitrogen and oxygen atoms in total. The van der Waals surface area contributed by atoms with Gasteiger partial charge in [-0.05, 0) is 30.5 Å². The molecule has 1 aromatic rings. The van der Waals surface area contributed by atoms with Crippen LogP contribution in [0.5, 0.6) is 5.75 Å². The molecule has 0 spiro atoms. The first kappa shape index (κ1) is 14.6. The van der Waals surface area contributed by atoms with Gasteiger partial charge in [0.1, 0.15) is 0 Å². The standard InChI is InChI=1S/C15H21FN2O2/c1-20-14-8-7-11(9-13(14)16)10-17-15(19)18-12-5-3-2-4-6-12/h7-9,12H,2-6,10H2,1H3,(H2,17,18,19). The Balaban J connectivity index is 1.79. The summed E-state index contributed by atoms with van der Waals surface area (Å²) in [5.74, 6) is -0.208. The fourth-order valence-electron chi connectivity index (χ4n) is 2.49. The molecule has 1 aliphatic rings. The highest BCUT2D eigenvalue weighted by atomic mass is 19.1. The van der Waals surface area contributed by atoms with Crippen LogP contribution in [0.4, 0.5) is 9.18 Å². The molecule has 5 heteroatoms. The Morgan fingerprint density at radius 2 is 2.10 bits per heavy atom. The van der Waals surface area contributed by atoms with Crippen LogP contribution in [0.3, 0.4) is 0 Å². The highest BCUT2D eigenvalue weighted by molar-refractivity contribution is 5.74. The molecule has 0 saturated heterocycles. The number of methoxy groups -OCH3 is 1. The first-order chi connectivity index (χ1) is 9.69. The molecule has 0 unspecified atom stereocenters. The third kappa shape index (κ3) is 4.11. The molecule has 0 aliphatic heterocycles. The number of benzene rings is 1. The van der Waals surface area contributed by atoms with E-state index in [1.54, 1.807) is 12.1 Å². The number of carbonyl (C=O) groups excluding carboxylic acids is 1. The van der Waals surface area contributed by atoms with Crippen molar-refractivity contribution in [2.75, 3.05) is 7.11 Å². The number of amides is 2. The highest BCUT2D eigenvalue weighted by Crippen LogP contribution is 2.18. The molecule has 20 heavy (non-hydrogen) atoms. The van der Waals surface area contributed by atoms with Gasteiger partial charge in [0.25, 0.3) is 0 Å². The van der Waals surface area contributed by atoms with Gasteiger partial charge in [0, 0.05) is 12.6 Å². The Bertz CT molecular complexity index is 459. The van der Waals surface area contributed by atoms with E-state index in [0.717, 1.165) is 12.8 Å². The van der Waals surface area contributed by atoms with Crippen molar-refractivity contribution in [3.05, 3.63) is 29.6 Å². The summed E-state index contributed by atoms with van der Waals surface area (Å²) >= 11 is 0. The molecule has 0 radical (unpaired) electrons. The second-order valence-corrected chi connectivity index (χ2v) is 5.13. The second kappa shape index (κ2) is 7.12. The van der Waals surface area contributed by atoms with E-state index < -0.39 is 5.82 Å². The molecule has 110 valence electrons. The second-order valence-electron chi connectivity index (χ2n) is 5.13. The van der Waals surface area contributed by atoms with Crippen molar-refractivity contribution in [3.8, 4) is 5.75 Å². The molecule has 2 N–H and O–H groups in total. The van der Waals surface area contributed by atoms with E-state index in [4.69, 9.17) is 4.74 Å². The lowest BCUT2D eigenvalue weighted by Crippen LogP contribution is -2.42. The Kier molecular flexibility index (Phi) is 5.21. The van der Waals surface area contributed by atoms with Gasteiger partial charge in [-0.1, -0.05) is 25.3 Å². The summed E-state index contributed by atoms with van der Waals surface area (Å²) in [7, 11) is 1.42. The van der Waals surface area contributed by atoms with Gasteiger partial charge in [-0.25, -0.2) is 9.18 Å². The number of hydrogen-bond acceptors (Lipinski definition) is 2. The summed E-state index contributed by atoms with van der Waals surface area (Å²) < 4.78 is 18.3. The van der Waals surface area contributed by atoms with Gasteiger partial charge in [-0.3, -0.25) is 0 Å². The fraction of sp³-hybridized carbons (Fsp3) is 0.533. The number of carbonyl (C=O) groups is 1. The first-order valence-corrected chi connectivity index (χ1v) is 7.06. The lowest BCUT2D eigenvalue weighted by Gasteiger charge is -2.22. The minimum atomic E-state index is -0.417. The van der Waals surface area contributed by atoms with E-state index in [0.29, 0.717) is 12.1 Å². The van der Waals surface area contributed by atoms with Crippen LogP contribution in [0.15, 0.2) is 18.2 Å². The predicted molar refractivity (Wildman–Crippen MR) is 75.2 cm³/mol. The molecule has 0 bridgehead atoms. The van der Waals surface area contributed by atoms with E-state index in [1.165, 1.54) is 32.4 Å². The van der Waals surface area contributed by atoms with Gasteiger partial charge in [-0.15, -0.1) is 0 Å². The average Bonchev–Trinajstić information content (AvgIpc) is 2.46. The van der Waals surface area contributed by atoms with Crippen LogP contribution in [0.2, 0.25) is 0 Å². The fourth-order valence-corrected chi connectivity index (χ4v) is 2.49. The smallest absolute Gasteiger partial charge is 0.315 e. The van der Waals surface area contributed by atoms with Crippen molar-refractivity contribution >= 4 is 6.03 Å². The molecule has 1 aliphatic carbocycles.